The predicted octanol–water partition coefficient (Wildman–Crippen LogP) is 5.24. The second kappa shape index (κ2) is 10.2. The minimum absolute atomic E-state index is 0.143. The summed E-state index contributed by atoms with van der Waals surface area (Å²) < 4.78 is 11.0. The van der Waals surface area contributed by atoms with Crippen molar-refractivity contribution in [2.24, 2.45) is 0 Å². The van der Waals surface area contributed by atoms with Crippen LogP contribution < -0.4 is 14.8 Å². The Morgan fingerprint density at radius 3 is 2.82 bits per heavy atom. The second-order valence-electron chi connectivity index (χ2n) is 6.87. The van der Waals surface area contributed by atoms with Gasteiger partial charge < -0.3 is 14.8 Å². The summed E-state index contributed by atoms with van der Waals surface area (Å²) in [5.74, 6) is -0.349. The maximum absolute atomic E-state index is 12.8. The van der Waals surface area contributed by atoms with Crippen molar-refractivity contribution < 1.29 is 19.1 Å². The summed E-state index contributed by atoms with van der Waals surface area (Å²) in [6.07, 6.45) is 3.34. The topological polar surface area (TPSA) is 101 Å². The first-order chi connectivity index (χ1) is 16.0. The minimum atomic E-state index is -0.637. The van der Waals surface area contributed by atoms with E-state index in [0.717, 1.165) is 11.8 Å². The van der Waals surface area contributed by atoms with E-state index in [2.05, 4.69) is 10.3 Å². The van der Waals surface area contributed by atoms with Gasteiger partial charge in [-0.3, -0.25) is 15.0 Å². The molecule has 4 rings (SSSR count). The molecule has 2 aromatic carbocycles. The molecule has 7 nitrogen and oxygen atoms in total. The maximum Gasteiger partial charge on any atom is 0.262 e. The SMILES string of the molecule is COc1cc(/C=C2\SC(=N)[C@H](c3nccs3)C2=O)ccc1OCC(=O)Nc1ccccc1Cl. The van der Waals surface area contributed by atoms with Gasteiger partial charge in [0.05, 0.1) is 27.8 Å². The lowest BCUT2D eigenvalue weighted by Gasteiger charge is -2.12. The fraction of sp³-hybridized carbons (Fsp3) is 0.130. The number of anilines is 1. The highest BCUT2D eigenvalue weighted by atomic mass is 35.5. The lowest BCUT2D eigenvalue weighted by molar-refractivity contribution is -0.118. The van der Waals surface area contributed by atoms with Crippen LogP contribution in [0.2, 0.25) is 5.02 Å². The fourth-order valence-electron chi connectivity index (χ4n) is 3.13. The van der Waals surface area contributed by atoms with Crippen molar-refractivity contribution in [1.82, 2.24) is 4.98 Å². The minimum Gasteiger partial charge on any atom is -0.493 e. The number of benzene rings is 2. The van der Waals surface area contributed by atoms with Crippen molar-refractivity contribution in [2.45, 2.75) is 5.92 Å². The number of methoxy groups -OCH3 is 1. The highest BCUT2D eigenvalue weighted by molar-refractivity contribution is 8.19. The zero-order valence-electron chi connectivity index (χ0n) is 17.3. The zero-order valence-corrected chi connectivity index (χ0v) is 19.7. The Labute approximate surface area is 203 Å². The number of thioether (sulfide) groups is 1. The number of nitrogens with one attached hydrogen (secondary N) is 2. The van der Waals surface area contributed by atoms with Crippen LogP contribution in [0.3, 0.4) is 0 Å². The molecule has 1 aliphatic rings. The first-order valence-corrected chi connectivity index (χ1v) is 11.8. The summed E-state index contributed by atoms with van der Waals surface area (Å²) >= 11 is 8.55. The Morgan fingerprint density at radius 1 is 1.27 bits per heavy atom. The van der Waals surface area contributed by atoms with Crippen LogP contribution in [-0.4, -0.2) is 35.4 Å². The van der Waals surface area contributed by atoms with Gasteiger partial charge in [-0.15, -0.1) is 11.3 Å². The molecule has 1 atom stereocenters. The van der Waals surface area contributed by atoms with Crippen LogP contribution in [0, 0.1) is 5.41 Å². The Kier molecular flexibility index (Phi) is 7.12. The molecule has 0 spiro atoms. The van der Waals surface area contributed by atoms with Gasteiger partial charge in [0.1, 0.15) is 10.9 Å². The summed E-state index contributed by atoms with van der Waals surface area (Å²) in [6, 6.07) is 12.1. The van der Waals surface area contributed by atoms with Crippen LogP contribution in [0.5, 0.6) is 11.5 Å². The van der Waals surface area contributed by atoms with E-state index in [9.17, 15) is 9.59 Å². The van der Waals surface area contributed by atoms with Crippen LogP contribution in [0.4, 0.5) is 5.69 Å². The molecule has 0 radical (unpaired) electrons. The van der Waals surface area contributed by atoms with Crippen molar-refractivity contribution >= 4 is 63.2 Å². The number of Topliss-reactive ketones (excluding diaryl/α,β-unsaturated/α-hetero) is 1. The van der Waals surface area contributed by atoms with Crippen molar-refractivity contribution in [1.29, 1.82) is 5.41 Å². The molecule has 3 aromatic rings. The summed E-state index contributed by atoms with van der Waals surface area (Å²) in [6.45, 7) is -0.233. The molecule has 1 saturated heterocycles. The van der Waals surface area contributed by atoms with E-state index in [1.807, 2.05) is 0 Å². The number of nitrogens with zero attached hydrogens (tertiary/aromatic N) is 1. The number of ketones is 1. The molecule has 1 fully saturated rings. The molecule has 33 heavy (non-hydrogen) atoms. The number of hydrogen-bond acceptors (Lipinski definition) is 8. The van der Waals surface area contributed by atoms with Crippen LogP contribution in [0.1, 0.15) is 16.5 Å². The van der Waals surface area contributed by atoms with Crippen molar-refractivity contribution in [3.05, 3.63) is 74.5 Å². The first-order valence-electron chi connectivity index (χ1n) is 9.73. The molecule has 0 bridgehead atoms. The summed E-state index contributed by atoms with van der Waals surface area (Å²) in [5.41, 5.74) is 1.21. The summed E-state index contributed by atoms with van der Waals surface area (Å²) in [7, 11) is 1.49. The number of thiazole rings is 1. The molecular weight excluding hydrogens is 482 g/mol. The Morgan fingerprint density at radius 2 is 2.09 bits per heavy atom. The van der Waals surface area contributed by atoms with Crippen molar-refractivity contribution in [3.63, 3.8) is 0 Å². The van der Waals surface area contributed by atoms with Gasteiger partial charge in [0.15, 0.2) is 23.9 Å². The molecule has 168 valence electrons. The van der Waals surface area contributed by atoms with Crippen LogP contribution >= 0.6 is 34.7 Å². The van der Waals surface area contributed by atoms with E-state index in [1.165, 1.54) is 18.4 Å². The van der Waals surface area contributed by atoms with Gasteiger partial charge in [0, 0.05) is 11.6 Å². The van der Waals surface area contributed by atoms with E-state index in [4.69, 9.17) is 26.5 Å². The molecule has 10 heteroatoms. The number of hydrogen-bond donors (Lipinski definition) is 2. The number of ether oxygens (including phenoxy) is 2. The number of halogens is 1. The van der Waals surface area contributed by atoms with Crippen LogP contribution in [0.25, 0.3) is 6.08 Å². The number of carbonyl (C=O) groups excluding carboxylic acids is 2. The van der Waals surface area contributed by atoms with Gasteiger partial charge in [-0.25, -0.2) is 4.98 Å². The van der Waals surface area contributed by atoms with Gasteiger partial charge >= 0.3 is 0 Å². The highest BCUT2D eigenvalue weighted by Gasteiger charge is 2.38. The van der Waals surface area contributed by atoms with Crippen LogP contribution in [-0.2, 0) is 9.59 Å². The summed E-state index contributed by atoms with van der Waals surface area (Å²) in [4.78, 5) is 29.7. The van der Waals surface area contributed by atoms with E-state index in [0.29, 0.717) is 37.7 Å². The van der Waals surface area contributed by atoms with E-state index < -0.39 is 5.92 Å². The third-order valence-electron chi connectivity index (χ3n) is 4.68. The molecule has 1 amide bonds. The third kappa shape index (κ3) is 5.27. The average molecular weight is 500 g/mol. The number of carbonyl (C=O) groups is 2. The number of amides is 1. The first kappa shape index (κ1) is 23.0. The van der Waals surface area contributed by atoms with Gasteiger partial charge in [-0.2, -0.15) is 0 Å². The quantitative estimate of drug-likeness (QED) is 0.431. The number of rotatable bonds is 7. The molecule has 2 N–H and O–H groups in total. The maximum atomic E-state index is 12.8. The molecule has 0 saturated carbocycles. The van der Waals surface area contributed by atoms with Gasteiger partial charge in [0.25, 0.3) is 5.91 Å². The lowest BCUT2D eigenvalue weighted by atomic mass is 10.0. The van der Waals surface area contributed by atoms with Gasteiger partial charge in [0.2, 0.25) is 0 Å². The van der Waals surface area contributed by atoms with Crippen molar-refractivity contribution in [3.8, 4) is 11.5 Å². The Balaban J connectivity index is 1.45. The Hall–Kier alpha value is -3.14. The van der Waals surface area contributed by atoms with Gasteiger partial charge in [-0.1, -0.05) is 41.6 Å². The van der Waals surface area contributed by atoms with Crippen molar-refractivity contribution in [2.75, 3.05) is 19.0 Å². The molecule has 0 aliphatic carbocycles. The second-order valence-corrected chi connectivity index (χ2v) is 9.29. The molecule has 2 heterocycles. The number of para-hydroxylation sites is 1. The normalized spacial score (nSPS) is 16.8. The highest BCUT2D eigenvalue weighted by Crippen LogP contribution is 2.41. The van der Waals surface area contributed by atoms with Crippen LogP contribution in [0.15, 0.2) is 58.9 Å². The zero-order chi connectivity index (χ0) is 23.4. The average Bonchev–Trinajstić information content (AvgIpc) is 3.42. The smallest absolute Gasteiger partial charge is 0.262 e. The fourth-order valence-corrected chi connectivity index (χ4v) is 5.12. The van der Waals surface area contributed by atoms with E-state index in [1.54, 1.807) is 60.1 Å². The van der Waals surface area contributed by atoms with E-state index in [-0.39, 0.29) is 23.3 Å². The molecule has 1 aliphatic heterocycles. The lowest BCUT2D eigenvalue weighted by Crippen LogP contribution is -2.20. The molecule has 0 unspecified atom stereocenters. The standard InChI is InChI=1S/C23H18ClN3O4S2/c1-30-17-10-13(11-18-21(29)20(22(25)33-18)23-26-8-9-32-23)6-7-16(17)31-12-19(28)27-15-5-3-2-4-14(15)24/h2-11,20,25H,12H2,1H3,(H,27,28)/b18-11-,25-22?/t20-/m1/s1. The van der Waals surface area contributed by atoms with E-state index >= 15 is 0 Å². The number of aromatic nitrogens is 1. The Bertz CT molecular complexity index is 1240. The molecular formula is C23H18ClN3O4S2. The predicted molar refractivity (Wildman–Crippen MR) is 132 cm³/mol. The summed E-state index contributed by atoms with van der Waals surface area (Å²) in [5, 5.41) is 14.0. The molecule has 1 aromatic heterocycles. The largest absolute Gasteiger partial charge is 0.493 e. The number of allylic oxidation sites excluding steroid dienone is 1. The van der Waals surface area contributed by atoms with Gasteiger partial charge in [-0.05, 0) is 35.9 Å². The third-order valence-corrected chi connectivity index (χ3v) is 6.84. The monoisotopic (exact) mass is 499 g/mol.